The Morgan fingerprint density at radius 3 is 2.39 bits per heavy atom. The van der Waals surface area contributed by atoms with Gasteiger partial charge in [0.25, 0.3) is 0 Å². The summed E-state index contributed by atoms with van der Waals surface area (Å²) in [5.74, 6) is 0.196. The van der Waals surface area contributed by atoms with Crippen LogP contribution in [0.25, 0.3) is 0 Å². The lowest BCUT2D eigenvalue weighted by molar-refractivity contribution is -0.127. The summed E-state index contributed by atoms with van der Waals surface area (Å²) < 4.78 is 0. The number of benzene rings is 1. The van der Waals surface area contributed by atoms with E-state index in [1.54, 1.807) is 31.2 Å². The van der Waals surface area contributed by atoms with Crippen LogP contribution in [0.4, 0.5) is 0 Å². The molecule has 1 saturated carbocycles. The van der Waals surface area contributed by atoms with Crippen LogP contribution in [0.1, 0.15) is 56.3 Å². The Kier molecular flexibility index (Phi) is 5.69. The largest absolute Gasteiger partial charge is 0.348 e. The summed E-state index contributed by atoms with van der Waals surface area (Å²) in [6.07, 6.45) is 5.41. The lowest BCUT2D eigenvalue weighted by atomic mass is 9.76. The summed E-state index contributed by atoms with van der Waals surface area (Å²) in [6, 6.07) is 8.95. The number of carbonyl (C=O) groups is 2. The van der Waals surface area contributed by atoms with Crippen LogP contribution in [-0.4, -0.2) is 23.9 Å². The highest BCUT2D eigenvalue weighted by molar-refractivity contribution is 6.07. The Morgan fingerprint density at radius 1 is 1.22 bits per heavy atom. The molecule has 1 aromatic rings. The maximum absolute atomic E-state index is 12.6. The standard InChI is InChI=1S/C19H26N2O2/c1-14(20)19(2,12-15-8-6-7-9-15)18(23)21-13-17(22)16-10-4-3-5-11-16/h3-5,10-11,15,20H,6-9,12-13H2,1-2H3,(H,21,23). The third-order valence-corrected chi connectivity index (χ3v) is 5.01. The van der Waals surface area contributed by atoms with Crippen LogP contribution in [0.15, 0.2) is 30.3 Å². The molecular weight excluding hydrogens is 288 g/mol. The molecule has 0 spiro atoms. The highest BCUT2D eigenvalue weighted by Gasteiger charge is 2.38. The Balaban J connectivity index is 1.98. The summed E-state index contributed by atoms with van der Waals surface area (Å²) >= 11 is 0. The van der Waals surface area contributed by atoms with Gasteiger partial charge in [0.2, 0.25) is 5.91 Å². The minimum atomic E-state index is -0.814. The topological polar surface area (TPSA) is 70.0 Å². The average molecular weight is 314 g/mol. The monoisotopic (exact) mass is 314 g/mol. The molecular formula is C19H26N2O2. The number of rotatable bonds is 7. The maximum Gasteiger partial charge on any atom is 0.231 e. The Labute approximate surface area is 138 Å². The quantitative estimate of drug-likeness (QED) is 0.596. The zero-order valence-electron chi connectivity index (χ0n) is 14.0. The van der Waals surface area contributed by atoms with Gasteiger partial charge in [-0.3, -0.25) is 9.59 Å². The molecule has 124 valence electrons. The van der Waals surface area contributed by atoms with Gasteiger partial charge in [-0.1, -0.05) is 56.0 Å². The molecule has 0 bridgehead atoms. The summed E-state index contributed by atoms with van der Waals surface area (Å²) in [4.78, 5) is 24.7. The van der Waals surface area contributed by atoms with Gasteiger partial charge in [-0.2, -0.15) is 0 Å². The zero-order chi connectivity index (χ0) is 16.9. The van der Waals surface area contributed by atoms with Crippen LogP contribution in [0.2, 0.25) is 0 Å². The summed E-state index contributed by atoms with van der Waals surface area (Å²) in [6.45, 7) is 3.50. The van der Waals surface area contributed by atoms with Gasteiger partial charge in [0, 0.05) is 11.3 Å². The van der Waals surface area contributed by atoms with Crippen LogP contribution in [0, 0.1) is 16.7 Å². The predicted molar refractivity (Wildman–Crippen MR) is 91.9 cm³/mol. The van der Waals surface area contributed by atoms with Crippen molar-refractivity contribution >= 4 is 17.4 Å². The van der Waals surface area contributed by atoms with E-state index >= 15 is 0 Å². The second-order valence-electron chi connectivity index (χ2n) is 6.78. The highest BCUT2D eigenvalue weighted by Crippen LogP contribution is 2.36. The first-order valence-corrected chi connectivity index (χ1v) is 8.35. The van der Waals surface area contributed by atoms with Crippen LogP contribution in [-0.2, 0) is 4.79 Å². The summed E-state index contributed by atoms with van der Waals surface area (Å²) in [5.41, 5.74) is 0.150. The van der Waals surface area contributed by atoms with Crippen molar-refractivity contribution in [2.24, 2.45) is 11.3 Å². The number of nitrogens with one attached hydrogen (secondary N) is 2. The van der Waals surface area contributed by atoms with E-state index in [0.29, 0.717) is 23.6 Å². The number of ketones is 1. The molecule has 0 aliphatic heterocycles. The van der Waals surface area contributed by atoms with Gasteiger partial charge in [-0.25, -0.2) is 0 Å². The first-order valence-electron chi connectivity index (χ1n) is 8.35. The van der Waals surface area contributed by atoms with Crippen molar-refractivity contribution < 1.29 is 9.59 Å². The maximum atomic E-state index is 12.6. The van der Waals surface area contributed by atoms with E-state index in [4.69, 9.17) is 5.41 Å². The third-order valence-electron chi connectivity index (χ3n) is 5.01. The lowest BCUT2D eigenvalue weighted by Gasteiger charge is -2.30. The van der Waals surface area contributed by atoms with Crippen molar-refractivity contribution in [2.75, 3.05) is 6.54 Å². The van der Waals surface area contributed by atoms with E-state index in [2.05, 4.69) is 5.32 Å². The number of carbonyl (C=O) groups excluding carboxylic acids is 2. The van der Waals surface area contributed by atoms with Crippen molar-refractivity contribution in [3.05, 3.63) is 35.9 Å². The molecule has 1 aromatic carbocycles. The molecule has 4 nitrogen and oxygen atoms in total. The minimum absolute atomic E-state index is 0.0175. The SMILES string of the molecule is CC(=N)C(C)(CC1CCCC1)C(=O)NCC(=O)c1ccccc1. The molecule has 1 fully saturated rings. The molecule has 1 unspecified atom stereocenters. The van der Waals surface area contributed by atoms with Gasteiger partial charge >= 0.3 is 0 Å². The Hall–Kier alpha value is -1.97. The molecule has 0 aromatic heterocycles. The van der Waals surface area contributed by atoms with E-state index in [9.17, 15) is 9.59 Å². The molecule has 0 radical (unpaired) electrons. The van der Waals surface area contributed by atoms with E-state index < -0.39 is 5.41 Å². The van der Waals surface area contributed by atoms with E-state index in [1.165, 1.54) is 12.8 Å². The van der Waals surface area contributed by atoms with Gasteiger partial charge in [-0.05, 0) is 26.2 Å². The fraction of sp³-hybridized carbons (Fsp3) is 0.526. The zero-order valence-corrected chi connectivity index (χ0v) is 14.0. The first-order chi connectivity index (χ1) is 10.9. The van der Waals surface area contributed by atoms with Crippen LogP contribution in [0.3, 0.4) is 0 Å². The number of hydrogen-bond donors (Lipinski definition) is 2. The molecule has 1 atom stereocenters. The molecule has 0 heterocycles. The van der Waals surface area contributed by atoms with Gasteiger partial charge in [0.05, 0.1) is 12.0 Å². The van der Waals surface area contributed by atoms with Crippen LogP contribution in [0.5, 0.6) is 0 Å². The normalized spacial score (nSPS) is 17.5. The van der Waals surface area contributed by atoms with E-state index in [0.717, 1.165) is 12.8 Å². The fourth-order valence-electron chi connectivity index (χ4n) is 3.29. The average Bonchev–Trinajstić information content (AvgIpc) is 3.05. The number of hydrogen-bond acceptors (Lipinski definition) is 3. The van der Waals surface area contributed by atoms with Crippen LogP contribution < -0.4 is 5.32 Å². The molecule has 1 aliphatic rings. The second-order valence-corrected chi connectivity index (χ2v) is 6.78. The highest BCUT2D eigenvalue weighted by atomic mass is 16.2. The summed E-state index contributed by atoms with van der Waals surface area (Å²) in [7, 11) is 0. The smallest absolute Gasteiger partial charge is 0.231 e. The molecule has 0 saturated heterocycles. The van der Waals surface area contributed by atoms with Gasteiger partial charge in [0.1, 0.15) is 0 Å². The van der Waals surface area contributed by atoms with E-state index in [1.807, 2.05) is 13.0 Å². The van der Waals surface area contributed by atoms with Gasteiger partial charge in [-0.15, -0.1) is 0 Å². The lowest BCUT2D eigenvalue weighted by Crippen LogP contribution is -2.46. The fourth-order valence-corrected chi connectivity index (χ4v) is 3.29. The van der Waals surface area contributed by atoms with Crippen molar-refractivity contribution in [2.45, 2.75) is 46.0 Å². The summed E-state index contributed by atoms with van der Waals surface area (Å²) in [5, 5.41) is 10.8. The molecule has 2 N–H and O–H groups in total. The number of amides is 1. The second kappa shape index (κ2) is 7.53. The molecule has 2 rings (SSSR count). The Morgan fingerprint density at radius 2 is 1.83 bits per heavy atom. The molecule has 23 heavy (non-hydrogen) atoms. The van der Waals surface area contributed by atoms with Crippen molar-refractivity contribution in [3.63, 3.8) is 0 Å². The molecule has 4 heteroatoms. The minimum Gasteiger partial charge on any atom is -0.348 e. The van der Waals surface area contributed by atoms with E-state index in [-0.39, 0.29) is 18.2 Å². The first kappa shape index (κ1) is 17.4. The van der Waals surface area contributed by atoms with Gasteiger partial charge < -0.3 is 10.7 Å². The van der Waals surface area contributed by atoms with Crippen molar-refractivity contribution in [1.29, 1.82) is 5.41 Å². The molecule has 1 aliphatic carbocycles. The van der Waals surface area contributed by atoms with Crippen molar-refractivity contribution in [1.82, 2.24) is 5.32 Å². The van der Waals surface area contributed by atoms with Crippen LogP contribution >= 0.6 is 0 Å². The van der Waals surface area contributed by atoms with Crippen molar-refractivity contribution in [3.8, 4) is 0 Å². The molecule has 1 amide bonds. The predicted octanol–water partition coefficient (Wildman–Crippen LogP) is 3.61. The third kappa shape index (κ3) is 4.27. The number of Topliss-reactive ketones (excluding diaryl/α,β-unsaturated/α-hetero) is 1. The van der Waals surface area contributed by atoms with Gasteiger partial charge in [0.15, 0.2) is 5.78 Å². The Bertz CT molecular complexity index is 576.